The molecule has 8 nitrogen and oxygen atoms in total. The fourth-order valence-electron chi connectivity index (χ4n) is 4.01. The van der Waals surface area contributed by atoms with Gasteiger partial charge in [0.1, 0.15) is 18.2 Å². The Hall–Kier alpha value is -4.59. The normalized spacial score (nSPS) is 10.7. The predicted molar refractivity (Wildman–Crippen MR) is 141 cm³/mol. The molecule has 0 saturated heterocycles. The van der Waals surface area contributed by atoms with Gasteiger partial charge >= 0.3 is 5.69 Å². The summed E-state index contributed by atoms with van der Waals surface area (Å²) in [7, 11) is 0. The van der Waals surface area contributed by atoms with Gasteiger partial charge in [0, 0.05) is 12.1 Å². The summed E-state index contributed by atoms with van der Waals surface area (Å²) in [6, 6.07) is 24.0. The van der Waals surface area contributed by atoms with Crippen LogP contribution in [0.1, 0.15) is 34.0 Å². The van der Waals surface area contributed by atoms with E-state index in [-0.39, 0.29) is 24.6 Å². The lowest BCUT2D eigenvalue weighted by Crippen LogP contribution is -2.41. The first kappa shape index (κ1) is 24.5. The van der Waals surface area contributed by atoms with Crippen molar-refractivity contribution in [2.45, 2.75) is 27.0 Å². The van der Waals surface area contributed by atoms with E-state index in [1.165, 1.54) is 9.47 Å². The first-order valence-corrected chi connectivity index (χ1v) is 11.6. The number of aromatic nitrogens is 2. The van der Waals surface area contributed by atoms with Crippen LogP contribution in [-0.4, -0.2) is 22.0 Å². The molecule has 3 aromatic carbocycles. The lowest BCUT2D eigenvalue weighted by molar-refractivity contribution is 0.0987. The number of H-pyrrole nitrogens is 1. The van der Waals surface area contributed by atoms with Gasteiger partial charge in [-0.25, -0.2) is 4.79 Å². The van der Waals surface area contributed by atoms with Gasteiger partial charge in [0.2, 0.25) is 0 Å². The fraction of sp³-hybridized carbons (Fsp3) is 0.179. The minimum absolute atomic E-state index is 0.0656. The molecule has 36 heavy (non-hydrogen) atoms. The molecule has 4 aromatic rings. The minimum atomic E-state index is -0.719. The van der Waals surface area contributed by atoms with Crippen molar-refractivity contribution in [1.82, 2.24) is 9.55 Å². The van der Waals surface area contributed by atoms with E-state index in [0.29, 0.717) is 17.9 Å². The smallest absolute Gasteiger partial charge is 0.330 e. The highest BCUT2D eigenvalue weighted by molar-refractivity contribution is 6.07. The van der Waals surface area contributed by atoms with E-state index in [1.54, 1.807) is 31.2 Å². The summed E-state index contributed by atoms with van der Waals surface area (Å²) < 4.78 is 7.15. The Morgan fingerprint density at radius 1 is 0.972 bits per heavy atom. The number of aryl methyl sites for hydroxylation is 1. The fourth-order valence-corrected chi connectivity index (χ4v) is 4.01. The number of nitrogens with two attached hydrogens (primary N) is 1. The molecule has 4 rings (SSSR count). The van der Waals surface area contributed by atoms with E-state index >= 15 is 0 Å². The Labute approximate surface area is 208 Å². The number of carbonyl (C=O) groups excluding carboxylic acids is 1. The number of nitrogens with one attached hydrogen (secondary N) is 1. The van der Waals surface area contributed by atoms with E-state index < -0.39 is 17.2 Å². The molecule has 3 N–H and O–H groups in total. The summed E-state index contributed by atoms with van der Waals surface area (Å²) in [5.74, 6) is 0.0182. The Balaban J connectivity index is 1.62. The highest BCUT2D eigenvalue weighted by atomic mass is 16.5. The molecule has 0 fully saturated rings. The third kappa shape index (κ3) is 5.38. The van der Waals surface area contributed by atoms with Crippen molar-refractivity contribution in [3.63, 3.8) is 0 Å². The zero-order chi connectivity index (χ0) is 25.7. The number of carbonyl (C=O) groups is 1. The van der Waals surface area contributed by atoms with Crippen LogP contribution in [0.4, 0.5) is 11.5 Å². The summed E-state index contributed by atoms with van der Waals surface area (Å²) in [5.41, 5.74) is 8.19. The third-order valence-electron chi connectivity index (χ3n) is 5.80. The maximum Gasteiger partial charge on any atom is 0.330 e. The summed E-state index contributed by atoms with van der Waals surface area (Å²) in [6.45, 7) is 4.43. The van der Waals surface area contributed by atoms with E-state index in [4.69, 9.17) is 10.5 Å². The van der Waals surface area contributed by atoms with Gasteiger partial charge in [0.25, 0.3) is 11.5 Å². The molecule has 0 bridgehead atoms. The largest absolute Gasteiger partial charge is 0.489 e. The molecule has 0 unspecified atom stereocenters. The Bertz CT molecular complexity index is 1490. The summed E-state index contributed by atoms with van der Waals surface area (Å²) in [4.78, 5) is 42.4. The third-order valence-corrected chi connectivity index (χ3v) is 5.80. The second-order valence-corrected chi connectivity index (χ2v) is 8.42. The van der Waals surface area contributed by atoms with Crippen LogP contribution in [0, 0.1) is 6.92 Å². The van der Waals surface area contributed by atoms with Crippen LogP contribution in [0.5, 0.6) is 5.75 Å². The number of rotatable bonds is 8. The Morgan fingerprint density at radius 2 is 1.69 bits per heavy atom. The van der Waals surface area contributed by atoms with Crippen LogP contribution in [0.3, 0.4) is 0 Å². The van der Waals surface area contributed by atoms with Crippen molar-refractivity contribution in [3.05, 3.63) is 122 Å². The lowest BCUT2D eigenvalue weighted by atomic mass is 10.1. The van der Waals surface area contributed by atoms with Gasteiger partial charge in [-0.3, -0.25) is 19.1 Å². The number of aromatic amines is 1. The second kappa shape index (κ2) is 10.8. The second-order valence-electron chi connectivity index (χ2n) is 8.42. The van der Waals surface area contributed by atoms with Gasteiger partial charge in [-0.15, -0.1) is 0 Å². The topological polar surface area (TPSA) is 110 Å². The molecule has 0 aliphatic carbocycles. The van der Waals surface area contributed by atoms with Crippen LogP contribution >= 0.6 is 0 Å². The van der Waals surface area contributed by atoms with Crippen LogP contribution in [0.15, 0.2) is 88.5 Å². The lowest BCUT2D eigenvalue weighted by Gasteiger charge is -2.23. The van der Waals surface area contributed by atoms with Crippen molar-refractivity contribution in [2.24, 2.45) is 0 Å². The maximum absolute atomic E-state index is 13.5. The van der Waals surface area contributed by atoms with Crippen molar-refractivity contribution >= 4 is 17.4 Å². The molecule has 0 aliphatic heterocycles. The molecule has 0 spiro atoms. The number of benzene rings is 3. The number of anilines is 2. The van der Waals surface area contributed by atoms with Crippen LogP contribution in [0.25, 0.3) is 0 Å². The standard InChI is InChI=1S/C28H28N4O4/c1-3-31(24-25(29)32(28(35)30-26(24)33)17-20-10-5-4-6-11-20)27(34)22-13-8-14-23(16-22)36-18-21-12-7-9-19(2)15-21/h4-16H,3,17-18,29H2,1-2H3,(H,30,33,35). The van der Waals surface area contributed by atoms with Gasteiger partial charge in [0.05, 0.1) is 6.54 Å². The zero-order valence-corrected chi connectivity index (χ0v) is 20.2. The molecular formula is C28H28N4O4. The van der Waals surface area contributed by atoms with E-state index in [2.05, 4.69) is 4.98 Å². The quantitative estimate of drug-likeness (QED) is 0.396. The highest BCUT2D eigenvalue weighted by Gasteiger charge is 2.24. The molecule has 0 aliphatic rings. The zero-order valence-electron chi connectivity index (χ0n) is 20.2. The Morgan fingerprint density at radius 3 is 2.42 bits per heavy atom. The monoisotopic (exact) mass is 484 g/mol. The first-order valence-electron chi connectivity index (χ1n) is 11.6. The molecule has 8 heteroatoms. The number of nitrogens with zero attached hydrogens (tertiary/aromatic N) is 2. The van der Waals surface area contributed by atoms with Crippen LogP contribution in [-0.2, 0) is 13.2 Å². The van der Waals surface area contributed by atoms with Crippen molar-refractivity contribution < 1.29 is 9.53 Å². The average Bonchev–Trinajstić information content (AvgIpc) is 2.88. The van der Waals surface area contributed by atoms with Crippen LogP contribution in [0.2, 0.25) is 0 Å². The summed E-state index contributed by atoms with van der Waals surface area (Å²) in [5, 5.41) is 0. The number of amides is 1. The van der Waals surface area contributed by atoms with Crippen molar-refractivity contribution in [2.75, 3.05) is 17.2 Å². The first-order chi connectivity index (χ1) is 17.4. The molecular weight excluding hydrogens is 456 g/mol. The molecule has 1 heterocycles. The van der Waals surface area contributed by atoms with Gasteiger partial charge in [-0.05, 0) is 43.2 Å². The maximum atomic E-state index is 13.5. The van der Waals surface area contributed by atoms with Crippen LogP contribution < -0.4 is 26.6 Å². The molecule has 0 saturated carbocycles. The minimum Gasteiger partial charge on any atom is -0.489 e. The van der Waals surface area contributed by atoms with E-state index in [1.807, 2.05) is 61.5 Å². The van der Waals surface area contributed by atoms with E-state index in [0.717, 1.165) is 16.7 Å². The summed E-state index contributed by atoms with van der Waals surface area (Å²) >= 11 is 0. The average molecular weight is 485 g/mol. The highest BCUT2D eigenvalue weighted by Crippen LogP contribution is 2.22. The molecule has 1 aromatic heterocycles. The number of hydrogen-bond donors (Lipinski definition) is 2. The molecule has 0 atom stereocenters. The van der Waals surface area contributed by atoms with Gasteiger partial charge < -0.3 is 15.4 Å². The van der Waals surface area contributed by atoms with Gasteiger partial charge in [-0.2, -0.15) is 0 Å². The van der Waals surface area contributed by atoms with Gasteiger partial charge in [0.15, 0.2) is 5.69 Å². The predicted octanol–water partition coefficient (Wildman–Crippen LogP) is 3.72. The summed E-state index contributed by atoms with van der Waals surface area (Å²) in [6.07, 6.45) is 0. The molecule has 184 valence electrons. The SMILES string of the molecule is CCN(C(=O)c1cccc(OCc2cccc(C)c2)c1)c1c(N)n(Cc2ccccc2)c(=O)[nH]c1=O. The number of nitrogen functional groups attached to an aromatic ring is 1. The number of ether oxygens (including phenoxy) is 1. The van der Waals surface area contributed by atoms with Crippen molar-refractivity contribution in [1.29, 1.82) is 0 Å². The van der Waals surface area contributed by atoms with Gasteiger partial charge in [-0.1, -0.05) is 66.2 Å². The number of hydrogen-bond acceptors (Lipinski definition) is 5. The molecule has 0 radical (unpaired) electrons. The molecule has 1 amide bonds. The Kier molecular flexibility index (Phi) is 7.34. The van der Waals surface area contributed by atoms with E-state index in [9.17, 15) is 14.4 Å². The van der Waals surface area contributed by atoms with Crippen molar-refractivity contribution in [3.8, 4) is 5.75 Å².